The number of fused-ring (bicyclic) bond motifs is 1. The number of anilines is 1. The fraction of sp³-hybridized carbons (Fsp3) is 0.143. The Morgan fingerprint density at radius 1 is 0.903 bits per heavy atom. The highest BCUT2D eigenvalue weighted by molar-refractivity contribution is 7.89. The summed E-state index contributed by atoms with van der Waals surface area (Å²) in [6.45, 7) is -0.977. The zero-order valence-corrected chi connectivity index (χ0v) is 17.2. The second-order valence-electron chi connectivity index (χ2n) is 6.72. The highest BCUT2D eigenvalue weighted by atomic mass is 32.2. The van der Waals surface area contributed by atoms with Crippen LogP contribution in [-0.4, -0.2) is 44.7 Å². The average Bonchev–Trinajstić information content (AvgIpc) is 2.74. The molecule has 0 aliphatic heterocycles. The summed E-state index contributed by atoms with van der Waals surface area (Å²) < 4.78 is 52.5. The van der Waals surface area contributed by atoms with Gasteiger partial charge in [-0.1, -0.05) is 30.3 Å². The first-order valence-electron chi connectivity index (χ1n) is 9.13. The SMILES string of the molecule is CN(CC(=O)NCC(=O)Nc1ccc(F)c(F)c1)S(=O)(=O)c1ccc2ccccc2c1. The lowest BCUT2D eigenvalue weighted by molar-refractivity contribution is -0.124. The van der Waals surface area contributed by atoms with Crippen molar-refractivity contribution in [2.75, 3.05) is 25.5 Å². The molecule has 0 bridgehead atoms. The van der Waals surface area contributed by atoms with Gasteiger partial charge in [0.2, 0.25) is 21.8 Å². The Kier molecular flexibility index (Phi) is 6.62. The summed E-state index contributed by atoms with van der Waals surface area (Å²) in [7, 11) is -2.67. The van der Waals surface area contributed by atoms with E-state index in [1.165, 1.54) is 25.2 Å². The Labute approximate surface area is 177 Å². The fourth-order valence-electron chi connectivity index (χ4n) is 2.81. The van der Waals surface area contributed by atoms with Crippen molar-refractivity contribution in [2.24, 2.45) is 0 Å². The topological polar surface area (TPSA) is 95.6 Å². The van der Waals surface area contributed by atoms with E-state index >= 15 is 0 Å². The minimum absolute atomic E-state index is 0.0224. The van der Waals surface area contributed by atoms with E-state index in [-0.39, 0.29) is 10.6 Å². The third-order valence-electron chi connectivity index (χ3n) is 4.44. The number of amides is 2. The van der Waals surface area contributed by atoms with E-state index in [9.17, 15) is 26.8 Å². The van der Waals surface area contributed by atoms with Gasteiger partial charge >= 0.3 is 0 Å². The van der Waals surface area contributed by atoms with Crippen LogP contribution in [0.5, 0.6) is 0 Å². The number of hydrogen-bond donors (Lipinski definition) is 2. The molecule has 0 saturated heterocycles. The van der Waals surface area contributed by atoms with Gasteiger partial charge in [0, 0.05) is 18.8 Å². The van der Waals surface area contributed by atoms with Crippen molar-refractivity contribution in [1.29, 1.82) is 0 Å². The van der Waals surface area contributed by atoms with Gasteiger partial charge in [-0.05, 0) is 35.0 Å². The molecule has 3 aromatic rings. The van der Waals surface area contributed by atoms with Crippen molar-refractivity contribution in [3.63, 3.8) is 0 Å². The van der Waals surface area contributed by atoms with Gasteiger partial charge in [-0.2, -0.15) is 4.31 Å². The molecule has 10 heteroatoms. The summed E-state index contributed by atoms with van der Waals surface area (Å²) in [4.78, 5) is 24.0. The number of rotatable bonds is 7. The third-order valence-corrected chi connectivity index (χ3v) is 6.24. The van der Waals surface area contributed by atoms with Crippen LogP contribution in [-0.2, 0) is 19.6 Å². The van der Waals surface area contributed by atoms with Crippen molar-refractivity contribution in [2.45, 2.75) is 4.90 Å². The lowest BCUT2D eigenvalue weighted by Gasteiger charge is -2.17. The number of carbonyl (C=O) groups excluding carboxylic acids is 2. The van der Waals surface area contributed by atoms with Gasteiger partial charge in [-0.15, -0.1) is 0 Å². The molecule has 0 unspecified atom stereocenters. The van der Waals surface area contributed by atoms with Crippen LogP contribution in [0.25, 0.3) is 10.8 Å². The summed E-state index contributed by atoms with van der Waals surface area (Å²) >= 11 is 0. The molecule has 31 heavy (non-hydrogen) atoms. The van der Waals surface area contributed by atoms with Gasteiger partial charge in [-0.25, -0.2) is 17.2 Å². The molecule has 2 N–H and O–H groups in total. The number of hydrogen-bond acceptors (Lipinski definition) is 4. The van der Waals surface area contributed by atoms with E-state index in [4.69, 9.17) is 0 Å². The molecule has 0 aliphatic rings. The molecule has 0 aromatic heterocycles. The van der Waals surface area contributed by atoms with E-state index in [1.54, 1.807) is 18.2 Å². The maximum absolute atomic E-state index is 13.2. The Balaban J connectivity index is 1.57. The molecule has 0 atom stereocenters. The zero-order chi connectivity index (χ0) is 22.6. The van der Waals surface area contributed by atoms with E-state index < -0.39 is 46.6 Å². The van der Waals surface area contributed by atoms with Crippen molar-refractivity contribution >= 4 is 38.3 Å². The molecular weight excluding hydrogens is 428 g/mol. The number of nitrogens with one attached hydrogen (secondary N) is 2. The van der Waals surface area contributed by atoms with Crippen LogP contribution in [0.1, 0.15) is 0 Å². The van der Waals surface area contributed by atoms with Crippen LogP contribution >= 0.6 is 0 Å². The molecule has 0 spiro atoms. The summed E-state index contributed by atoms with van der Waals surface area (Å²) in [6, 6.07) is 14.8. The molecule has 0 saturated carbocycles. The number of benzene rings is 3. The number of nitrogens with zero attached hydrogens (tertiary/aromatic N) is 1. The molecule has 0 heterocycles. The Bertz CT molecular complexity index is 1250. The first-order valence-corrected chi connectivity index (χ1v) is 10.6. The smallest absolute Gasteiger partial charge is 0.243 e. The quantitative estimate of drug-likeness (QED) is 0.582. The van der Waals surface area contributed by atoms with Crippen LogP contribution in [0.3, 0.4) is 0 Å². The first kappa shape index (κ1) is 22.3. The molecule has 2 amide bonds. The number of sulfonamides is 1. The lowest BCUT2D eigenvalue weighted by atomic mass is 10.1. The van der Waals surface area contributed by atoms with E-state index in [0.29, 0.717) is 0 Å². The van der Waals surface area contributed by atoms with Gasteiger partial charge in [0.05, 0.1) is 18.0 Å². The van der Waals surface area contributed by atoms with Crippen molar-refractivity contribution in [3.05, 3.63) is 72.3 Å². The van der Waals surface area contributed by atoms with Crippen molar-refractivity contribution in [3.8, 4) is 0 Å². The van der Waals surface area contributed by atoms with Gasteiger partial charge in [-0.3, -0.25) is 9.59 Å². The normalized spacial score (nSPS) is 11.5. The van der Waals surface area contributed by atoms with Crippen LogP contribution in [0.15, 0.2) is 65.6 Å². The largest absolute Gasteiger partial charge is 0.346 e. The molecule has 162 valence electrons. The fourth-order valence-corrected chi connectivity index (χ4v) is 3.97. The van der Waals surface area contributed by atoms with Gasteiger partial charge < -0.3 is 10.6 Å². The number of carbonyl (C=O) groups is 2. The zero-order valence-electron chi connectivity index (χ0n) is 16.4. The van der Waals surface area contributed by atoms with E-state index in [0.717, 1.165) is 27.2 Å². The minimum atomic E-state index is -3.93. The summed E-state index contributed by atoms with van der Waals surface area (Å²) in [5, 5.41) is 6.22. The molecule has 3 rings (SSSR count). The average molecular weight is 447 g/mol. The van der Waals surface area contributed by atoms with Crippen molar-refractivity contribution < 1.29 is 26.8 Å². The number of halogens is 2. The third kappa shape index (κ3) is 5.41. The predicted molar refractivity (Wildman–Crippen MR) is 112 cm³/mol. The van der Waals surface area contributed by atoms with Crippen LogP contribution in [0.2, 0.25) is 0 Å². The van der Waals surface area contributed by atoms with Crippen LogP contribution in [0, 0.1) is 11.6 Å². The Morgan fingerprint density at radius 2 is 1.61 bits per heavy atom. The van der Waals surface area contributed by atoms with Gasteiger partial charge in [0.1, 0.15) is 0 Å². The molecular formula is C21H19F2N3O4S. The van der Waals surface area contributed by atoms with Gasteiger partial charge in [0.25, 0.3) is 0 Å². The number of likely N-dealkylation sites (N-methyl/N-ethyl adjacent to an activating group) is 1. The molecule has 3 aromatic carbocycles. The summed E-state index contributed by atoms with van der Waals surface area (Å²) in [5.41, 5.74) is 0.0224. The van der Waals surface area contributed by atoms with Gasteiger partial charge in [0.15, 0.2) is 11.6 Å². The standard InChI is InChI=1S/C21H19F2N3O4S/c1-26(31(29,30)17-8-6-14-4-2-3-5-15(14)10-17)13-21(28)24-12-20(27)25-16-7-9-18(22)19(23)11-16/h2-11H,12-13H2,1H3,(H,24,28)(H,25,27). The van der Waals surface area contributed by atoms with Crippen LogP contribution in [0.4, 0.5) is 14.5 Å². The highest BCUT2D eigenvalue weighted by Crippen LogP contribution is 2.21. The van der Waals surface area contributed by atoms with Crippen molar-refractivity contribution in [1.82, 2.24) is 9.62 Å². The molecule has 0 radical (unpaired) electrons. The van der Waals surface area contributed by atoms with Crippen LogP contribution < -0.4 is 10.6 Å². The van der Waals surface area contributed by atoms with E-state index in [2.05, 4.69) is 10.6 Å². The summed E-state index contributed by atoms with van der Waals surface area (Å²) in [5.74, 6) is -3.56. The van der Waals surface area contributed by atoms with E-state index in [1.807, 2.05) is 12.1 Å². The molecule has 0 aliphatic carbocycles. The second kappa shape index (κ2) is 9.19. The monoisotopic (exact) mass is 447 g/mol. The Morgan fingerprint density at radius 3 is 2.32 bits per heavy atom. The molecule has 7 nitrogen and oxygen atoms in total. The second-order valence-corrected chi connectivity index (χ2v) is 8.77. The first-order chi connectivity index (χ1) is 14.7. The lowest BCUT2D eigenvalue weighted by Crippen LogP contribution is -2.41. The Hall–Kier alpha value is -3.37. The molecule has 0 fully saturated rings. The maximum atomic E-state index is 13.2. The summed E-state index contributed by atoms with van der Waals surface area (Å²) in [6.07, 6.45) is 0. The maximum Gasteiger partial charge on any atom is 0.243 e. The highest BCUT2D eigenvalue weighted by Gasteiger charge is 2.23. The predicted octanol–water partition coefficient (Wildman–Crippen LogP) is 2.49. The minimum Gasteiger partial charge on any atom is -0.346 e.